The minimum Gasteiger partial charge on any atom is -0.497 e. The summed E-state index contributed by atoms with van der Waals surface area (Å²) in [5, 5.41) is 11.8. The number of hydrogen-bond donors (Lipinski definition) is 3. The third-order valence-corrected chi connectivity index (χ3v) is 4.06. The van der Waals surface area contributed by atoms with E-state index in [1.165, 1.54) is 17.7 Å². The number of H-pyrrole nitrogens is 1. The van der Waals surface area contributed by atoms with Crippen LogP contribution in [0, 0.1) is 4.77 Å². The van der Waals surface area contributed by atoms with Crippen LogP contribution in [-0.2, 0) is 11.3 Å². The molecule has 0 aliphatic rings. The van der Waals surface area contributed by atoms with Crippen LogP contribution in [0.4, 0.5) is 0 Å². The Labute approximate surface area is 166 Å². The molecule has 1 amide bonds. The van der Waals surface area contributed by atoms with Crippen LogP contribution in [-0.4, -0.2) is 60.7 Å². The monoisotopic (exact) mass is 406 g/mol. The number of nitrogens with zero attached hydrogens (tertiary/aromatic N) is 2. The first kappa shape index (κ1) is 21.3. The average molecular weight is 406 g/mol. The van der Waals surface area contributed by atoms with Crippen molar-refractivity contribution in [2.24, 2.45) is 4.99 Å². The molecule has 28 heavy (non-hydrogen) atoms. The van der Waals surface area contributed by atoms with E-state index in [4.69, 9.17) is 26.8 Å². The minimum absolute atomic E-state index is 0.0677. The van der Waals surface area contributed by atoms with Crippen molar-refractivity contribution in [3.63, 3.8) is 0 Å². The van der Waals surface area contributed by atoms with Crippen molar-refractivity contribution in [3.8, 4) is 22.8 Å². The van der Waals surface area contributed by atoms with Crippen molar-refractivity contribution in [1.82, 2.24) is 14.9 Å². The first-order chi connectivity index (χ1) is 13.5. The number of ether oxygens (including phenoxy) is 2. The summed E-state index contributed by atoms with van der Waals surface area (Å²) in [4.78, 5) is 30.5. The molecule has 2 aromatic rings. The first-order valence-electron chi connectivity index (χ1n) is 8.45. The van der Waals surface area contributed by atoms with Gasteiger partial charge in [-0.15, -0.1) is 0 Å². The van der Waals surface area contributed by atoms with E-state index in [-0.39, 0.29) is 30.4 Å². The lowest BCUT2D eigenvalue weighted by atomic mass is 10.1. The SMILES string of the molecule is C=NCCNC(=O)Cn1c(-c2cc(OC)ccc2OCCO)cc(=O)[nH]c1=S. The second-order valence-corrected chi connectivity index (χ2v) is 6.03. The number of aliphatic imine (C=N–C) groups is 1. The highest BCUT2D eigenvalue weighted by Gasteiger charge is 2.16. The number of benzene rings is 1. The predicted octanol–water partition coefficient (Wildman–Crippen LogP) is 0.769. The van der Waals surface area contributed by atoms with Gasteiger partial charge in [0.15, 0.2) is 4.77 Å². The molecule has 0 radical (unpaired) electrons. The molecule has 0 atom stereocenters. The van der Waals surface area contributed by atoms with E-state index in [1.807, 2.05) is 0 Å². The van der Waals surface area contributed by atoms with Gasteiger partial charge in [-0.05, 0) is 37.1 Å². The number of hydrogen-bond acceptors (Lipinski definition) is 7. The molecule has 2 rings (SSSR count). The molecule has 150 valence electrons. The highest BCUT2D eigenvalue weighted by Crippen LogP contribution is 2.33. The lowest BCUT2D eigenvalue weighted by molar-refractivity contribution is -0.121. The fourth-order valence-corrected chi connectivity index (χ4v) is 2.76. The van der Waals surface area contributed by atoms with Crippen LogP contribution in [0.2, 0.25) is 0 Å². The van der Waals surface area contributed by atoms with E-state index >= 15 is 0 Å². The average Bonchev–Trinajstić information content (AvgIpc) is 2.68. The molecule has 0 spiro atoms. The number of aliphatic hydroxyl groups excluding tert-OH is 1. The number of nitrogens with one attached hydrogen (secondary N) is 2. The second kappa shape index (κ2) is 10.4. The topological polar surface area (TPSA) is 118 Å². The molecule has 0 saturated carbocycles. The van der Waals surface area contributed by atoms with Crippen molar-refractivity contribution in [2.75, 3.05) is 33.4 Å². The lowest BCUT2D eigenvalue weighted by Crippen LogP contribution is -2.31. The van der Waals surface area contributed by atoms with Gasteiger partial charge in [-0.2, -0.15) is 0 Å². The van der Waals surface area contributed by atoms with Gasteiger partial charge in [0.25, 0.3) is 5.56 Å². The molecular formula is C18H22N4O5S. The Morgan fingerprint density at radius 2 is 2.21 bits per heavy atom. The number of aromatic nitrogens is 2. The van der Waals surface area contributed by atoms with Gasteiger partial charge in [0.2, 0.25) is 5.91 Å². The standard InChI is InChI=1S/C18H22N4O5S/c1-19-5-6-20-17(25)11-22-14(10-16(24)21-18(22)28)13-9-12(26-2)3-4-15(13)27-8-7-23/h3-4,9-10,23H,1,5-8,11H2,2H3,(H,20,25)(H,21,24,28). The molecule has 0 fully saturated rings. The molecule has 0 unspecified atom stereocenters. The van der Waals surface area contributed by atoms with Crippen LogP contribution in [0.15, 0.2) is 34.1 Å². The van der Waals surface area contributed by atoms with Crippen molar-refractivity contribution in [1.29, 1.82) is 0 Å². The van der Waals surface area contributed by atoms with Gasteiger partial charge in [-0.1, -0.05) is 0 Å². The summed E-state index contributed by atoms with van der Waals surface area (Å²) in [7, 11) is 1.51. The molecule has 9 nitrogen and oxygen atoms in total. The van der Waals surface area contributed by atoms with E-state index < -0.39 is 5.56 Å². The Morgan fingerprint density at radius 1 is 1.43 bits per heavy atom. The second-order valence-electron chi connectivity index (χ2n) is 5.64. The zero-order valence-electron chi connectivity index (χ0n) is 15.4. The zero-order valence-corrected chi connectivity index (χ0v) is 16.3. The van der Waals surface area contributed by atoms with E-state index in [9.17, 15) is 9.59 Å². The molecule has 0 aliphatic carbocycles. The van der Waals surface area contributed by atoms with Gasteiger partial charge in [0.05, 0.1) is 26.0 Å². The summed E-state index contributed by atoms with van der Waals surface area (Å²) < 4.78 is 12.4. The molecule has 0 saturated heterocycles. The normalized spacial score (nSPS) is 10.4. The largest absolute Gasteiger partial charge is 0.497 e. The Balaban J connectivity index is 2.52. The Bertz CT molecular complexity index is 954. The van der Waals surface area contributed by atoms with Crippen molar-refractivity contribution in [2.45, 2.75) is 6.54 Å². The minimum atomic E-state index is -0.413. The van der Waals surface area contributed by atoms with E-state index in [2.05, 4.69) is 22.0 Å². The van der Waals surface area contributed by atoms with Gasteiger partial charge in [0.1, 0.15) is 24.7 Å². The summed E-state index contributed by atoms with van der Waals surface area (Å²) in [6.07, 6.45) is 0. The van der Waals surface area contributed by atoms with E-state index in [0.29, 0.717) is 35.8 Å². The molecule has 0 aliphatic heterocycles. The van der Waals surface area contributed by atoms with Crippen molar-refractivity contribution < 1.29 is 19.4 Å². The molecule has 1 aromatic heterocycles. The molecule has 0 bridgehead atoms. The zero-order chi connectivity index (χ0) is 20.5. The maximum atomic E-state index is 12.3. The maximum absolute atomic E-state index is 12.3. The predicted molar refractivity (Wildman–Crippen MR) is 108 cm³/mol. The van der Waals surface area contributed by atoms with Gasteiger partial charge in [-0.3, -0.25) is 19.6 Å². The summed E-state index contributed by atoms with van der Waals surface area (Å²) in [5.74, 6) is 0.652. The van der Waals surface area contributed by atoms with Crippen LogP contribution in [0.1, 0.15) is 0 Å². The number of carbonyl (C=O) groups is 1. The number of rotatable bonds is 10. The quantitative estimate of drug-likeness (QED) is 0.305. The van der Waals surface area contributed by atoms with Crippen LogP contribution in [0.5, 0.6) is 11.5 Å². The Morgan fingerprint density at radius 3 is 2.89 bits per heavy atom. The molecular weight excluding hydrogens is 384 g/mol. The lowest BCUT2D eigenvalue weighted by Gasteiger charge is -2.17. The highest BCUT2D eigenvalue weighted by atomic mass is 32.1. The van der Waals surface area contributed by atoms with Gasteiger partial charge >= 0.3 is 0 Å². The number of methoxy groups -OCH3 is 1. The van der Waals surface area contributed by atoms with Crippen LogP contribution in [0.25, 0.3) is 11.3 Å². The summed E-state index contributed by atoms with van der Waals surface area (Å²) >= 11 is 5.26. The summed E-state index contributed by atoms with van der Waals surface area (Å²) in [6, 6.07) is 6.35. The fraction of sp³-hybridized carbons (Fsp3) is 0.333. The van der Waals surface area contributed by atoms with Gasteiger partial charge in [0, 0.05) is 18.2 Å². The van der Waals surface area contributed by atoms with Crippen LogP contribution >= 0.6 is 12.2 Å². The number of aliphatic hydroxyl groups is 1. The third-order valence-electron chi connectivity index (χ3n) is 3.74. The van der Waals surface area contributed by atoms with E-state index in [0.717, 1.165) is 0 Å². The number of carbonyl (C=O) groups excluding carboxylic acids is 1. The van der Waals surface area contributed by atoms with Gasteiger partial charge in [-0.25, -0.2) is 0 Å². The van der Waals surface area contributed by atoms with E-state index in [1.54, 1.807) is 18.2 Å². The highest BCUT2D eigenvalue weighted by molar-refractivity contribution is 7.71. The first-order valence-corrected chi connectivity index (χ1v) is 8.86. The van der Waals surface area contributed by atoms with Crippen LogP contribution < -0.4 is 20.3 Å². The smallest absolute Gasteiger partial charge is 0.252 e. The van der Waals surface area contributed by atoms with Crippen molar-refractivity contribution >= 4 is 24.8 Å². The Kier molecular flexibility index (Phi) is 7.90. The molecule has 1 heterocycles. The van der Waals surface area contributed by atoms with Crippen LogP contribution in [0.3, 0.4) is 0 Å². The maximum Gasteiger partial charge on any atom is 0.252 e. The third kappa shape index (κ3) is 5.51. The molecule has 10 heteroatoms. The van der Waals surface area contributed by atoms with Gasteiger partial charge < -0.3 is 24.5 Å². The Hall–Kier alpha value is -2.98. The number of amides is 1. The number of aromatic amines is 1. The summed E-state index contributed by atoms with van der Waals surface area (Å²) in [6.45, 7) is 3.88. The van der Waals surface area contributed by atoms with Crippen molar-refractivity contribution in [3.05, 3.63) is 39.4 Å². The fourth-order valence-electron chi connectivity index (χ4n) is 2.49. The molecule has 3 N–H and O–H groups in total. The molecule has 1 aromatic carbocycles. The summed E-state index contributed by atoms with van der Waals surface area (Å²) in [5.41, 5.74) is 0.478.